The molecule has 1 saturated heterocycles. The molecule has 4 heteroatoms. The summed E-state index contributed by atoms with van der Waals surface area (Å²) >= 11 is 4.18. The number of hydrogen-bond donors (Lipinski definition) is 1. The number of carbonyl (C=O) groups is 1. The van der Waals surface area contributed by atoms with Gasteiger partial charge in [-0.2, -0.15) is 12.6 Å². The van der Waals surface area contributed by atoms with Crippen LogP contribution in [-0.2, 0) is 4.79 Å². The topological polar surface area (TPSA) is 23.6 Å². The van der Waals surface area contributed by atoms with Gasteiger partial charge in [-0.3, -0.25) is 9.69 Å². The van der Waals surface area contributed by atoms with E-state index in [1.165, 1.54) is 0 Å². The van der Waals surface area contributed by atoms with Gasteiger partial charge >= 0.3 is 0 Å². The van der Waals surface area contributed by atoms with E-state index in [0.717, 1.165) is 19.5 Å². The van der Waals surface area contributed by atoms with E-state index < -0.39 is 0 Å². The SMILES string of the molecule is CN(C)CC#CCN1CC[C@@H](S)C1=O. The quantitative estimate of drug-likeness (QED) is 0.518. The van der Waals surface area contributed by atoms with Crippen molar-refractivity contribution in [1.29, 1.82) is 0 Å². The average Bonchev–Trinajstić information content (AvgIpc) is 2.43. The average molecular weight is 212 g/mol. The molecule has 0 unspecified atom stereocenters. The van der Waals surface area contributed by atoms with Crippen molar-refractivity contribution in [3.05, 3.63) is 0 Å². The largest absolute Gasteiger partial charge is 0.331 e. The van der Waals surface area contributed by atoms with Crippen LogP contribution in [-0.4, -0.2) is 54.7 Å². The zero-order chi connectivity index (χ0) is 10.6. The van der Waals surface area contributed by atoms with Gasteiger partial charge in [0.2, 0.25) is 5.91 Å². The number of carbonyl (C=O) groups excluding carboxylic acids is 1. The Balaban J connectivity index is 2.31. The van der Waals surface area contributed by atoms with Gasteiger partial charge < -0.3 is 4.90 Å². The molecule has 0 radical (unpaired) electrons. The van der Waals surface area contributed by atoms with Crippen molar-refractivity contribution in [2.24, 2.45) is 0 Å². The highest BCUT2D eigenvalue weighted by molar-refractivity contribution is 7.81. The molecule has 0 aromatic rings. The smallest absolute Gasteiger partial charge is 0.236 e. The van der Waals surface area contributed by atoms with Gasteiger partial charge in [0.05, 0.1) is 18.3 Å². The van der Waals surface area contributed by atoms with Crippen LogP contribution < -0.4 is 0 Å². The van der Waals surface area contributed by atoms with Crippen molar-refractivity contribution in [3.8, 4) is 11.8 Å². The summed E-state index contributed by atoms with van der Waals surface area (Å²) in [5.74, 6) is 6.11. The fourth-order valence-corrected chi connectivity index (χ4v) is 1.52. The first-order valence-corrected chi connectivity index (χ1v) is 5.20. The van der Waals surface area contributed by atoms with Gasteiger partial charge in [0.25, 0.3) is 0 Å². The highest BCUT2D eigenvalue weighted by Gasteiger charge is 2.27. The van der Waals surface area contributed by atoms with E-state index in [0.29, 0.717) is 6.54 Å². The van der Waals surface area contributed by atoms with Gasteiger partial charge in [0.15, 0.2) is 0 Å². The van der Waals surface area contributed by atoms with E-state index in [9.17, 15) is 4.79 Å². The third kappa shape index (κ3) is 3.24. The van der Waals surface area contributed by atoms with Crippen LogP contribution in [0, 0.1) is 11.8 Å². The van der Waals surface area contributed by atoms with Gasteiger partial charge in [0.1, 0.15) is 0 Å². The Morgan fingerprint density at radius 1 is 1.57 bits per heavy atom. The standard InChI is InChI=1S/C10H16N2OS/c1-11(2)6-3-4-7-12-8-5-9(14)10(12)13/h9,14H,5-8H2,1-2H3/t9-/m1/s1. The maximum atomic E-state index is 11.4. The maximum absolute atomic E-state index is 11.4. The minimum atomic E-state index is -0.106. The van der Waals surface area contributed by atoms with Crippen molar-refractivity contribution >= 4 is 18.5 Å². The molecule has 0 spiro atoms. The van der Waals surface area contributed by atoms with Gasteiger partial charge in [0, 0.05) is 6.54 Å². The number of thiol groups is 1. The predicted molar refractivity (Wildman–Crippen MR) is 60.3 cm³/mol. The fraction of sp³-hybridized carbons (Fsp3) is 0.700. The molecule has 14 heavy (non-hydrogen) atoms. The molecular formula is C10H16N2OS. The third-order valence-electron chi connectivity index (χ3n) is 2.06. The van der Waals surface area contributed by atoms with Crippen LogP contribution in [0.1, 0.15) is 6.42 Å². The van der Waals surface area contributed by atoms with Crippen LogP contribution in [0.25, 0.3) is 0 Å². The first-order valence-electron chi connectivity index (χ1n) is 4.68. The second-order valence-corrected chi connectivity index (χ2v) is 4.28. The summed E-state index contributed by atoms with van der Waals surface area (Å²) in [5, 5.41) is -0.106. The summed E-state index contributed by atoms with van der Waals surface area (Å²) < 4.78 is 0. The first-order chi connectivity index (χ1) is 6.61. The van der Waals surface area contributed by atoms with Crippen molar-refractivity contribution in [2.75, 3.05) is 33.7 Å². The normalized spacial score (nSPS) is 21.3. The lowest BCUT2D eigenvalue weighted by atomic mass is 10.4. The van der Waals surface area contributed by atoms with E-state index >= 15 is 0 Å². The Bertz CT molecular complexity index is 267. The lowest BCUT2D eigenvalue weighted by Gasteiger charge is -2.11. The zero-order valence-corrected chi connectivity index (χ0v) is 9.55. The second kappa shape index (κ2) is 5.28. The molecule has 0 aromatic heterocycles. The summed E-state index contributed by atoms with van der Waals surface area (Å²) in [6, 6.07) is 0. The summed E-state index contributed by atoms with van der Waals surface area (Å²) in [7, 11) is 3.94. The Morgan fingerprint density at radius 2 is 2.29 bits per heavy atom. The van der Waals surface area contributed by atoms with Crippen LogP contribution in [0.4, 0.5) is 0 Å². The van der Waals surface area contributed by atoms with Gasteiger partial charge in [-0.05, 0) is 20.5 Å². The van der Waals surface area contributed by atoms with Crippen LogP contribution in [0.3, 0.4) is 0 Å². The van der Waals surface area contributed by atoms with Crippen LogP contribution in [0.5, 0.6) is 0 Å². The van der Waals surface area contributed by atoms with E-state index in [1.54, 1.807) is 4.90 Å². The molecule has 3 nitrogen and oxygen atoms in total. The fourth-order valence-electron chi connectivity index (χ4n) is 1.24. The van der Waals surface area contributed by atoms with Gasteiger partial charge in [-0.1, -0.05) is 11.8 Å². The molecule has 1 aliphatic rings. The van der Waals surface area contributed by atoms with Crippen molar-refractivity contribution < 1.29 is 4.79 Å². The predicted octanol–water partition coefficient (Wildman–Crippen LogP) is 0.0821. The minimum Gasteiger partial charge on any atom is -0.331 e. The van der Waals surface area contributed by atoms with Gasteiger partial charge in [-0.15, -0.1) is 0 Å². The van der Waals surface area contributed by atoms with Crippen molar-refractivity contribution in [2.45, 2.75) is 11.7 Å². The Labute approximate surface area is 90.9 Å². The van der Waals surface area contributed by atoms with Crippen LogP contribution in [0.2, 0.25) is 0 Å². The first kappa shape index (κ1) is 11.4. The number of rotatable bonds is 2. The second-order valence-electron chi connectivity index (χ2n) is 3.66. The molecular weight excluding hydrogens is 196 g/mol. The Hall–Kier alpha value is -0.660. The number of hydrogen-bond acceptors (Lipinski definition) is 3. The molecule has 1 fully saturated rings. The van der Waals surface area contributed by atoms with Crippen LogP contribution in [0.15, 0.2) is 0 Å². The summed E-state index contributed by atoms with van der Waals surface area (Å²) in [6.45, 7) is 2.08. The summed E-state index contributed by atoms with van der Waals surface area (Å²) in [4.78, 5) is 15.2. The van der Waals surface area contributed by atoms with Crippen molar-refractivity contribution in [3.63, 3.8) is 0 Å². The molecule has 1 rings (SSSR count). The molecule has 1 amide bonds. The van der Waals surface area contributed by atoms with Crippen LogP contribution >= 0.6 is 12.6 Å². The number of amides is 1. The minimum absolute atomic E-state index is 0.106. The molecule has 0 aliphatic carbocycles. The zero-order valence-electron chi connectivity index (χ0n) is 8.66. The third-order valence-corrected chi connectivity index (χ3v) is 2.54. The molecule has 0 bridgehead atoms. The highest BCUT2D eigenvalue weighted by atomic mass is 32.1. The Kier molecular flexibility index (Phi) is 4.30. The molecule has 0 saturated carbocycles. The van der Waals surface area contributed by atoms with E-state index in [2.05, 4.69) is 24.5 Å². The summed E-state index contributed by atoms with van der Waals surface area (Å²) in [6.07, 6.45) is 0.845. The van der Waals surface area contributed by atoms with E-state index in [4.69, 9.17) is 0 Å². The molecule has 1 aliphatic heterocycles. The highest BCUT2D eigenvalue weighted by Crippen LogP contribution is 2.14. The molecule has 0 N–H and O–H groups in total. The molecule has 1 heterocycles. The molecule has 0 aromatic carbocycles. The lowest BCUT2D eigenvalue weighted by molar-refractivity contribution is -0.126. The van der Waals surface area contributed by atoms with E-state index in [-0.39, 0.29) is 11.2 Å². The summed E-state index contributed by atoms with van der Waals surface area (Å²) in [5.41, 5.74) is 0. The molecule has 1 atom stereocenters. The van der Waals surface area contributed by atoms with E-state index in [1.807, 2.05) is 19.0 Å². The monoisotopic (exact) mass is 212 g/mol. The molecule has 78 valence electrons. The maximum Gasteiger partial charge on any atom is 0.236 e. The number of nitrogens with zero attached hydrogens (tertiary/aromatic N) is 2. The van der Waals surface area contributed by atoms with Crippen molar-refractivity contribution in [1.82, 2.24) is 9.80 Å². The van der Waals surface area contributed by atoms with Gasteiger partial charge in [-0.25, -0.2) is 0 Å². The lowest BCUT2D eigenvalue weighted by Crippen LogP contribution is -2.28. The Morgan fingerprint density at radius 3 is 2.79 bits per heavy atom. The number of likely N-dealkylation sites (tertiary alicyclic amines) is 1.